The van der Waals surface area contributed by atoms with Crippen molar-refractivity contribution in [3.05, 3.63) is 86.6 Å². The predicted molar refractivity (Wildman–Crippen MR) is 132 cm³/mol. The molecule has 2 aromatic carbocycles. The molecule has 0 radical (unpaired) electrons. The summed E-state index contributed by atoms with van der Waals surface area (Å²) < 4.78 is 6.43. The van der Waals surface area contributed by atoms with Crippen molar-refractivity contribution in [3.63, 3.8) is 0 Å². The van der Waals surface area contributed by atoms with Gasteiger partial charge < -0.3 is 20.3 Å². The number of aromatic amines is 1. The monoisotopic (exact) mass is 463 g/mol. The van der Waals surface area contributed by atoms with Gasteiger partial charge in [0, 0.05) is 32.5 Å². The van der Waals surface area contributed by atoms with Gasteiger partial charge in [-0.15, -0.1) is 0 Å². The summed E-state index contributed by atoms with van der Waals surface area (Å²) in [4.78, 5) is 44.7. The molecule has 0 saturated carbocycles. The van der Waals surface area contributed by atoms with Crippen LogP contribution in [0.2, 0.25) is 0 Å². The molecule has 1 aliphatic heterocycles. The maximum Gasteiger partial charge on any atom is 0.330 e. The summed E-state index contributed by atoms with van der Waals surface area (Å²) in [7, 11) is 1.58. The zero-order chi connectivity index (χ0) is 24.1. The Morgan fingerprint density at radius 2 is 1.85 bits per heavy atom. The molecule has 0 saturated heterocycles. The van der Waals surface area contributed by atoms with Gasteiger partial charge in [0.05, 0.1) is 13.1 Å². The van der Waals surface area contributed by atoms with Gasteiger partial charge in [0.1, 0.15) is 5.82 Å². The Labute approximate surface area is 197 Å². The van der Waals surface area contributed by atoms with Gasteiger partial charge in [0.2, 0.25) is 5.91 Å². The lowest BCUT2D eigenvalue weighted by molar-refractivity contribution is -0.117. The molecule has 9 heteroatoms. The van der Waals surface area contributed by atoms with Gasteiger partial charge in [-0.2, -0.15) is 0 Å². The van der Waals surface area contributed by atoms with Crippen molar-refractivity contribution in [2.24, 2.45) is 0 Å². The van der Waals surface area contributed by atoms with E-state index in [0.717, 1.165) is 24.2 Å². The maximum atomic E-state index is 13.5. The number of amides is 1. The van der Waals surface area contributed by atoms with Crippen LogP contribution in [-0.2, 0) is 22.5 Å². The lowest BCUT2D eigenvalue weighted by Crippen LogP contribution is -2.45. The van der Waals surface area contributed by atoms with Crippen LogP contribution >= 0.6 is 0 Å². The Morgan fingerprint density at radius 1 is 1.12 bits per heavy atom. The van der Waals surface area contributed by atoms with Crippen molar-refractivity contribution in [3.8, 4) is 0 Å². The summed E-state index contributed by atoms with van der Waals surface area (Å²) in [6.07, 6.45) is 1.37. The molecule has 0 spiro atoms. The number of para-hydroxylation sites is 1. The first-order chi connectivity index (χ1) is 16.5. The molecule has 2 heterocycles. The number of methoxy groups -OCH3 is 1. The molecule has 4 rings (SSSR count). The summed E-state index contributed by atoms with van der Waals surface area (Å²) >= 11 is 0. The number of H-pyrrole nitrogens is 1. The van der Waals surface area contributed by atoms with E-state index in [-0.39, 0.29) is 37.0 Å². The summed E-state index contributed by atoms with van der Waals surface area (Å²) in [5.41, 5.74) is 8.11. The highest BCUT2D eigenvalue weighted by Crippen LogP contribution is 2.28. The van der Waals surface area contributed by atoms with Crippen LogP contribution in [0.4, 0.5) is 17.2 Å². The molecular weight excluding hydrogens is 434 g/mol. The van der Waals surface area contributed by atoms with E-state index in [1.54, 1.807) is 7.11 Å². The number of hydrogen-bond acceptors (Lipinski definition) is 6. The number of nitrogens with two attached hydrogens (primary N) is 1. The molecule has 9 nitrogen and oxygen atoms in total. The quantitative estimate of drug-likeness (QED) is 0.466. The molecule has 0 bridgehead atoms. The van der Waals surface area contributed by atoms with Crippen LogP contribution in [0.3, 0.4) is 0 Å². The number of nitrogen functional groups attached to an aromatic ring is 1. The molecule has 0 atom stereocenters. The highest BCUT2D eigenvalue weighted by Gasteiger charge is 2.28. The van der Waals surface area contributed by atoms with Crippen LogP contribution in [0, 0.1) is 0 Å². The predicted octanol–water partition coefficient (Wildman–Crippen LogP) is 1.60. The van der Waals surface area contributed by atoms with Crippen molar-refractivity contribution >= 4 is 23.1 Å². The first-order valence-electron chi connectivity index (χ1n) is 11.3. The molecule has 3 N–H and O–H groups in total. The lowest BCUT2D eigenvalue weighted by atomic mass is 10.2. The number of carbonyl (C=O) groups is 1. The number of carbonyl (C=O) groups excluding carboxylic acids is 1. The van der Waals surface area contributed by atoms with Crippen molar-refractivity contribution in [2.75, 3.05) is 48.9 Å². The smallest absolute Gasteiger partial charge is 0.330 e. The van der Waals surface area contributed by atoms with Gasteiger partial charge >= 0.3 is 5.69 Å². The number of ether oxygens (including phenoxy) is 1. The van der Waals surface area contributed by atoms with Gasteiger partial charge in [0.15, 0.2) is 5.69 Å². The van der Waals surface area contributed by atoms with Gasteiger partial charge in [-0.25, -0.2) is 4.79 Å². The number of anilines is 3. The van der Waals surface area contributed by atoms with Crippen LogP contribution in [0.5, 0.6) is 0 Å². The van der Waals surface area contributed by atoms with E-state index in [1.807, 2.05) is 53.4 Å². The first kappa shape index (κ1) is 23.3. The van der Waals surface area contributed by atoms with Crippen molar-refractivity contribution < 1.29 is 9.53 Å². The Balaban J connectivity index is 1.67. The third kappa shape index (κ3) is 4.89. The van der Waals surface area contributed by atoms with Gasteiger partial charge in [-0.3, -0.25) is 19.1 Å². The molecule has 3 aromatic rings. The second-order valence-electron chi connectivity index (χ2n) is 8.26. The average molecular weight is 464 g/mol. The standard InChI is InChI=1S/C25H29N5O4/c1-34-15-7-13-29(21(31)17-28-14-12-19-10-5-6-11-20(19)28)22-23(26)30(25(33)27-24(22)32)16-18-8-3-2-4-9-18/h2-6,8-11H,7,12-17,26H2,1H3,(H,27,32,33). The van der Waals surface area contributed by atoms with Gasteiger partial charge in [-0.05, 0) is 30.0 Å². The zero-order valence-corrected chi connectivity index (χ0v) is 19.2. The highest BCUT2D eigenvalue weighted by molar-refractivity contribution is 5.98. The molecular formula is C25H29N5O4. The second kappa shape index (κ2) is 10.4. The van der Waals surface area contributed by atoms with Crippen LogP contribution in [0.15, 0.2) is 64.2 Å². The fourth-order valence-corrected chi connectivity index (χ4v) is 4.31. The number of aromatic nitrogens is 2. The van der Waals surface area contributed by atoms with E-state index in [9.17, 15) is 14.4 Å². The zero-order valence-electron chi connectivity index (χ0n) is 19.2. The van der Waals surface area contributed by atoms with Crippen LogP contribution in [0.25, 0.3) is 0 Å². The fourth-order valence-electron chi connectivity index (χ4n) is 4.31. The Bertz CT molecular complexity index is 1270. The van der Waals surface area contributed by atoms with Crippen LogP contribution < -0.4 is 26.8 Å². The molecule has 34 heavy (non-hydrogen) atoms. The number of rotatable bonds is 9. The van der Waals surface area contributed by atoms with Gasteiger partial charge in [0.25, 0.3) is 5.56 Å². The number of hydrogen-bond donors (Lipinski definition) is 2. The molecule has 0 fully saturated rings. The van der Waals surface area contributed by atoms with Crippen molar-refractivity contribution in [1.82, 2.24) is 9.55 Å². The number of nitrogens with one attached hydrogen (secondary N) is 1. The Hall–Kier alpha value is -3.85. The van der Waals surface area contributed by atoms with Crippen LogP contribution in [-0.4, -0.2) is 48.8 Å². The van der Waals surface area contributed by atoms with E-state index in [2.05, 4.69) is 11.1 Å². The normalized spacial score (nSPS) is 12.6. The van der Waals surface area contributed by atoms with Crippen molar-refractivity contribution in [2.45, 2.75) is 19.4 Å². The summed E-state index contributed by atoms with van der Waals surface area (Å²) in [6.45, 7) is 1.64. The fraction of sp³-hybridized carbons (Fsp3) is 0.320. The number of benzene rings is 2. The average Bonchev–Trinajstić information content (AvgIpc) is 3.24. The van der Waals surface area contributed by atoms with E-state index >= 15 is 0 Å². The Morgan fingerprint density at radius 3 is 2.62 bits per heavy atom. The van der Waals surface area contributed by atoms with Crippen molar-refractivity contribution in [1.29, 1.82) is 0 Å². The van der Waals surface area contributed by atoms with E-state index in [4.69, 9.17) is 10.5 Å². The molecule has 178 valence electrons. The maximum absolute atomic E-state index is 13.5. The first-order valence-corrected chi connectivity index (χ1v) is 11.3. The highest BCUT2D eigenvalue weighted by atomic mass is 16.5. The molecule has 0 unspecified atom stereocenters. The minimum Gasteiger partial charge on any atom is -0.385 e. The van der Waals surface area contributed by atoms with E-state index in [1.165, 1.54) is 15.0 Å². The Kier molecular flexibility index (Phi) is 7.12. The second-order valence-corrected chi connectivity index (χ2v) is 8.26. The molecule has 1 aromatic heterocycles. The number of nitrogens with zero attached hydrogens (tertiary/aromatic N) is 3. The van der Waals surface area contributed by atoms with Crippen LogP contribution in [0.1, 0.15) is 17.5 Å². The largest absolute Gasteiger partial charge is 0.385 e. The summed E-state index contributed by atoms with van der Waals surface area (Å²) in [6, 6.07) is 17.3. The van der Waals surface area contributed by atoms with E-state index in [0.29, 0.717) is 13.0 Å². The SMILES string of the molecule is COCCCN(C(=O)CN1CCc2ccccc21)c1c(N)n(Cc2ccccc2)c(=O)[nH]c1=O. The summed E-state index contributed by atoms with van der Waals surface area (Å²) in [5, 5.41) is 0. The topological polar surface area (TPSA) is 114 Å². The molecule has 1 amide bonds. The third-order valence-corrected chi connectivity index (χ3v) is 6.01. The van der Waals surface area contributed by atoms with E-state index < -0.39 is 11.2 Å². The summed E-state index contributed by atoms with van der Waals surface area (Å²) in [5.74, 6) is -0.305. The number of fused-ring (bicyclic) bond motifs is 1. The minimum absolute atomic E-state index is 0.0101. The lowest BCUT2D eigenvalue weighted by Gasteiger charge is -2.27. The minimum atomic E-state index is -0.681. The van der Waals surface area contributed by atoms with Gasteiger partial charge in [-0.1, -0.05) is 48.5 Å². The molecule has 1 aliphatic rings. The third-order valence-electron chi connectivity index (χ3n) is 6.01. The molecule has 0 aliphatic carbocycles.